The van der Waals surface area contributed by atoms with Gasteiger partial charge in [0, 0.05) is 5.92 Å². The van der Waals surface area contributed by atoms with Crippen LogP contribution < -0.4 is 0 Å². The molecule has 0 saturated carbocycles. The molecule has 1 atom stereocenters. The molecule has 0 aromatic carbocycles. The van der Waals surface area contributed by atoms with E-state index in [1.807, 2.05) is 6.08 Å². The van der Waals surface area contributed by atoms with Crippen molar-refractivity contribution in [1.82, 2.24) is 0 Å². The molecule has 1 heteroatoms. The van der Waals surface area contributed by atoms with Gasteiger partial charge < -0.3 is 5.11 Å². The first-order chi connectivity index (χ1) is 5.57. The Bertz CT molecular complexity index is 136. The second-order valence-electron chi connectivity index (χ2n) is 3.88. The van der Waals surface area contributed by atoms with Crippen LogP contribution in [0, 0.1) is 11.8 Å². The number of hydrogen-bond acceptors (Lipinski definition) is 1. The van der Waals surface area contributed by atoms with E-state index in [0.29, 0.717) is 17.6 Å². The van der Waals surface area contributed by atoms with Crippen LogP contribution in [0.5, 0.6) is 0 Å². The number of allylic oxidation sites excluding steroid dienone is 2. The Labute approximate surface area is 76.5 Å². The number of rotatable bonds is 5. The Morgan fingerprint density at radius 2 is 1.92 bits per heavy atom. The van der Waals surface area contributed by atoms with Crippen LogP contribution in [-0.4, -0.2) is 5.11 Å². The first-order valence-electron chi connectivity index (χ1n) is 4.98. The average molecular weight is 170 g/mol. The van der Waals surface area contributed by atoms with Gasteiger partial charge in [-0.15, -0.1) is 0 Å². The van der Waals surface area contributed by atoms with Gasteiger partial charge in [-0.25, -0.2) is 0 Å². The predicted molar refractivity (Wildman–Crippen MR) is 54.2 cm³/mol. The van der Waals surface area contributed by atoms with Gasteiger partial charge in [-0.1, -0.05) is 40.5 Å². The van der Waals surface area contributed by atoms with Crippen LogP contribution in [0.4, 0.5) is 0 Å². The lowest BCUT2D eigenvalue weighted by Crippen LogP contribution is -2.00. The van der Waals surface area contributed by atoms with Gasteiger partial charge in [-0.2, -0.15) is 0 Å². The van der Waals surface area contributed by atoms with Crippen LogP contribution in [0.1, 0.15) is 47.0 Å². The Morgan fingerprint density at radius 1 is 1.33 bits per heavy atom. The largest absolute Gasteiger partial charge is 0.512 e. The molecule has 0 spiro atoms. The van der Waals surface area contributed by atoms with E-state index in [4.69, 9.17) is 0 Å². The lowest BCUT2D eigenvalue weighted by Gasteiger charge is -2.10. The third kappa shape index (κ3) is 5.22. The average Bonchev–Trinajstić information content (AvgIpc) is 1.98. The Balaban J connectivity index is 3.83. The van der Waals surface area contributed by atoms with Crippen molar-refractivity contribution < 1.29 is 5.11 Å². The van der Waals surface area contributed by atoms with E-state index in [2.05, 4.69) is 27.7 Å². The molecule has 0 bridgehead atoms. The lowest BCUT2D eigenvalue weighted by atomic mass is 10.00. The van der Waals surface area contributed by atoms with E-state index < -0.39 is 0 Å². The molecule has 0 aliphatic carbocycles. The molecule has 0 amide bonds. The van der Waals surface area contributed by atoms with E-state index in [-0.39, 0.29) is 0 Å². The highest BCUT2D eigenvalue weighted by atomic mass is 16.3. The van der Waals surface area contributed by atoms with Crippen molar-refractivity contribution in [3.8, 4) is 0 Å². The first-order valence-corrected chi connectivity index (χ1v) is 4.98. The minimum atomic E-state index is 0.340. The van der Waals surface area contributed by atoms with Gasteiger partial charge in [0.2, 0.25) is 0 Å². The Kier molecular flexibility index (Phi) is 5.87. The molecule has 0 fully saturated rings. The summed E-state index contributed by atoms with van der Waals surface area (Å²) >= 11 is 0. The molecule has 12 heavy (non-hydrogen) atoms. The molecular weight excluding hydrogens is 148 g/mol. The lowest BCUT2D eigenvalue weighted by molar-refractivity contribution is 0.322. The van der Waals surface area contributed by atoms with E-state index in [1.165, 1.54) is 12.8 Å². The summed E-state index contributed by atoms with van der Waals surface area (Å²) in [5.74, 6) is 1.36. The number of aliphatic hydroxyl groups is 1. The fourth-order valence-electron chi connectivity index (χ4n) is 1.16. The highest BCUT2D eigenvalue weighted by Gasteiger charge is 2.06. The molecule has 0 rings (SSSR count). The van der Waals surface area contributed by atoms with Gasteiger partial charge in [-0.3, -0.25) is 0 Å². The Morgan fingerprint density at radius 3 is 2.33 bits per heavy atom. The normalized spacial score (nSPS) is 15.2. The van der Waals surface area contributed by atoms with Crippen LogP contribution in [0.2, 0.25) is 0 Å². The van der Waals surface area contributed by atoms with Crippen LogP contribution in [0.25, 0.3) is 0 Å². The van der Waals surface area contributed by atoms with Crippen LogP contribution in [-0.2, 0) is 0 Å². The molecule has 0 aromatic heterocycles. The zero-order valence-electron chi connectivity index (χ0n) is 8.80. The SMILES string of the molecule is CCCCC(C)/C(O)=C\C(C)C. The van der Waals surface area contributed by atoms with E-state index >= 15 is 0 Å². The molecular formula is C11H22O. The number of hydrogen-bond donors (Lipinski definition) is 1. The quantitative estimate of drug-likeness (QED) is 0.620. The molecule has 1 nitrogen and oxygen atoms in total. The maximum Gasteiger partial charge on any atom is 0.0913 e. The fraction of sp³-hybridized carbons (Fsp3) is 0.818. The summed E-state index contributed by atoms with van der Waals surface area (Å²) in [6.07, 6.45) is 5.46. The van der Waals surface area contributed by atoms with E-state index in [0.717, 1.165) is 6.42 Å². The van der Waals surface area contributed by atoms with E-state index in [1.54, 1.807) is 0 Å². The van der Waals surface area contributed by atoms with Gasteiger partial charge in [0.15, 0.2) is 0 Å². The van der Waals surface area contributed by atoms with Gasteiger partial charge in [-0.05, 0) is 18.4 Å². The molecule has 1 unspecified atom stereocenters. The molecule has 1 N–H and O–H groups in total. The molecule has 72 valence electrons. The second kappa shape index (κ2) is 6.10. The third-order valence-electron chi connectivity index (χ3n) is 2.00. The van der Waals surface area contributed by atoms with Crippen LogP contribution in [0.15, 0.2) is 11.8 Å². The van der Waals surface area contributed by atoms with Crippen molar-refractivity contribution in [2.75, 3.05) is 0 Å². The van der Waals surface area contributed by atoms with E-state index in [9.17, 15) is 5.11 Å². The van der Waals surface area contributed by atoms with Crippen molar-refractivity contribution in [2.45, 2.75) is 47.0 Å². The van der Waals surface area contributed by atoms with Gasteiger partial charge >= 0.3 is 0 Å². The van der Waals surface area contributed by atoms with Gasteiger partial charge in [0.1, 0.15) is 0 Å². The maximum absolute atomic E-state index is 9.58. The number of aliphatic hydroxyl groups excluding tert-OH is 1. The zero-order chi connectivity index (χ0) is 9.56. The van der Waals surface area contributed by atoms with Crippen molar-refractivity contribution >= 4 is 0 Å². The standard InChI is InChI=1S/C11H22O/c1-5-6-7-10(4)11(12)8-9(2)3/h8-10,12H,5-7H2,1-4H3/b11-8+. The smallest absolute Gasteiger partial charge is 0.0913 e. The summed E-state index contributed by atoms with van der Waals surface area (Å²) in [5, 5.41) is 9.58. The summed E-state index contributed by atoms with van der Waals surface area (Å²) in [6, 6.07) is 0. The zero-order valence-corrected chi connectivity index (χ0v) is 8.80. The van der Waals surface area contributed by atoms with Crippen LogP contribution in [0.3, 0.4) is 0 Å². The molecule has 0 radical (unpaired) electrons. The van der Waals surface area contributed by atoms with Crippen molar-refractivity contribution in [1.29, 1.82) is 0 Å². The van der Waals surface area contributed by atoms with Crippen molar-refractivity contribution in [3.05, 3.63) is 11.8 Å². The third-order valence-corrected chi connectivity index (χ3v) is 2.00. The summed E-state index contributed by atoms with van der Waals surface area (Å²) in [4.78, 5) is 0. The fourth-order valence-corrected chi connectivity index (χ4v) is 1.16. The van der Waals surface area contributed by atoms with Crippen molar-refractivity contribution in [3.63, 3.8) is 0 Å². The number of unbranched alkanes of at least 4 members (excludes halogenated alkanes) is 1. The molecule has 0 aliphatic heterocycles. The summed E-state index contributed by atoms with van der Waals surface area (Å²) in [7, 11) is 0. The highest BCUT2D eigenvalue weighted by molar-refractivity contribution is 4.96. The summed E-state index contributed by atoms with van der Waals surface area (Å²) < 4.78 is 0. The van der Waals surface area contributed by atoms with Gasteiger partial charge in [0.25, 0.3) is 0 Å². The molecule has 0 heterocycles. The van der Waals surface area contributed by atoms with Gasteiger partial charge in [0.05, 0.1) is 5.76 Å². The molecule has 0 saturated heterocycles. The summed E-state index contributed by atoms with van der Waals surface area (Å²) in [5.41, 5.74) is 0. The minimum absolute atomic E-state index is 0.340. The van der Waals surface area contributed by atoms with Crippen LogP contribution >= 0.6 is 0 Å². The molecule has 0 aliphatic rings. The monoisotopic (exact) mass is 170 g/mol. The summed E-state index contributed by atoms with van der Waals surface area (Å²) in [6.45, 7) is 8.44. The first kappa shape index (κ1) is 11.5. The predicted octanol–water partition coefficient (Wildman–Crippen LogP) is 3.91. The second-order valence-corrected chi connectivity index (χ2v) is 3.88. The highest BCUT2D eigenvalue weighted by Crippen LogP contribution is 2.16. The maximum atomic E-state index is 9.58. The minimum Gasteiger partial charge on any atom is -0.512 e. The topological polar surface area (TPSA) is 20.2 Å². The Hall–Kier alpha value is -0.460. The molecule has 0 aromatic rings. The van der Waals surface area contributed by atoms with Crippen molar-refractivity contribution in [2.24, 2.45) is 11.8 Å².